The Morgan fingerprint density at radius 2 is 1.30 bits per heavy atom. The number of furan rings is 2. The van der Waals surface area contributed by atoms with Crippen molar-refractivity contribution >= 4 is 0 Å². The molecule has 1 fully saturated rings. The van der Waals surface area contributed by atoms with E-state index >= 15 is 0 Å². The molecule has 4 N–H and O–H groups in total. The monoisotopic (exact) mass is 274 g/mol. The van der Waals surface area contributed by atoms with Crippen molar-refractivity contribution < 1.29 is 8.83 Å². The van der Waals surface area contributed by atoms with Gasteiger partial charge in [0.2, 0.25) is 0 Å². The topological polar surface area (TPSA) is 78.3 Å². The zero-order valence-corrected chi connectivity index (χ0v) is 11.7. The van der Waals surface area contributed by atoms with Gasteiger partial charge in [-0.15, -0.1) is 0 Å². The maximum atomic E-state index is 6.72. The molecule has 2 aromatic rings. The van der Waals surface area contributed by atoms with Gasteiger partial charge in [0, 0.05) is 23.9 Å². The van der Waals surface area contributed by atoms with Crippen LogP contribution in [0.1, 0.15) is 37.2 Å². The predicted octanol–water partition coefficient (Wildman–Crippen LogP) is 2.63. The highest BCUT2D eigenvalue weighted by molar-refractivity contribution is 5.19. The summed E-state index contributed by atoms with van der Waals surface area (Å²) in [6.07, 6.45) is 8.81. The molecule has 108 valence electrons. The van der Waals surface area contributed by atoms with E-state index in [0.29, 0.717) is 12.8 Å². The zero-order valence-electron chi connectivity index (χ0n) is 11.7. The average Bonchev–Trinajstić information content (AvgIpc) is 3.07. The third-order valence-electron chi connectivity index (χ3n) is 4.63. The predicted molar refractivity (Wildman–Crippen MR) is 77.1 cm³/mol. The van der Waals surface area contributed by atoms with Gasteiger partial charge >= 0.3 is 0 Å². The van der Waals surface area contributed by atoms with E-state index in [2.05, 4.69) is 0 Å². The van der Waals surface area contributed by atoms with E-state index in [1.165, 1.54) is 0 Å². The number of rotatable bonds is 4. The molecule has 2 aromatic heterocycles. The van der Waals surface area contributed by atoms with Crippen LogP contribution in [0.2, 0.25) is 0 Å². The van der Waals surface area contributed by atoms with Crippen LogP contribution in [0.4, 0.5) is 0 Å². The standard InChI is InChI=1S/C16H22N2O2/c17-15(11-13-5-3-9-19-13)7-1-2-8-16(15,18)12-14-6-4-10-20-14/h3-6,9-10H,1-2,7-8,11-12,17-18H2. The molecule has 0 aromatic carbocycles. The molecule has 4 heteroatoms. The molecule has 4 nitrogen and oxygen atoms in total. The fourth-order valence-corrected chi connectivity index (χ4v) is 3.36. The van der Waals surface area contributed by atoms with Gasteiger partial charge in [0.15, 0.2) is 0 Å². The van der Waals surface area contributed by atoms with Crippen molar-refractivity contribution in [2.75, 3.05) is 0 Å². The Morgan fingerprint density at radius 1 is 0.850 bits per heavy atom. The van der Waals surface area contributed by atoms with Crippen molar-refractivity contribution in [3.05, 3.63) is 48.3 Å². The lowest BCUT2D eigenvalue weighted by molar-refractivity contribution is 0.133. The van der Waals surface area contributed by atoms with Crippen LogP contribution < -0.4 is 11.5 Å². The Bertz CT molecular complexity index is 485. The molecular formula is C16H22N2O2. The molecule has 1 aliphatic carbocycles. The minimum absolute atomic E-state index is 0.449. The van der Waals surface area contributed by atoms with E-state index in [1.54, 1.807) is 12.5 Å². The fraction of sp³-hybridized carbons (Fsp3) is 0.500. The van der Waals surface area contributed by atoms with Crippen LogP contribution in [0.15, 0.2) is 45.6 Å². The first kappa shape index (κ1) is 13.5. The molecule has 1 aliphatic rings. The zero-order chi connectivity index (χ0) is 14.1. The van der Waals surface area contributed by atoms with Crippen molar-refractivity contribution in [2.45, 2.75) is 49.6 Å². The molecule has 0 bridgehead atoms. The lowest BCUT2D eigenvalue weighted by Gasteiger charge is -2.49. The minimum Gasteiger partial charge on any atom is -0.469 e. The van der Waals surface area contributed by atoms with E-state index in [1.807, 2.05) is 24.3 Å². The van der Waals surface area contributed by atoms with Gasteiger partial charge in [-0.05, 0) is 37.1 Å². The second-order valence-electron chi connectivity index (χ2n) is 6.03. The first-order chi connectivity index (χ1) is 9.61. The highest BCUT2D eigenvalue weighted by Crippen LogP contribution is 2.38. The number of hydrogen-bond donors (Lipinski definition) is 2. The molecule has 1 saturated carbocycles. The van der Waals surface area contributed by atoms with E-state index in [4.69, 9.17) is 20.3 Å². The molecule has 0 spiro atoms. The minimum atomic E-state index is -0.449. The van der Waals surface area contributed by atoms with Crippen molar-refractivity contribution in [1.29, 1.82) is 0 Å². The normalized spacial score (nSPS) is 30.5. The van der Waals surface area contributed by atoms with Crippen molar-refractivity contribution in [3.8, 4) is 0 Å². The molecule has 20 heavy (non-hydrogen) atoms. The SMILES string of the molecule is NC1(Cc2ccco2)CCCCC1(N)Cc1ccco1. The van der Waals surface area contributed by atoms with Gasteiger partial charge in [0.1, 0.15) is 11.5 Å². The largest absolute Gasteiger partial charge is 0.469 e. The second kappa shape index (κ2) is 5.11. The Kier molecular flexibility index (Phi) is 3.44. The fourth-order valence-electron chi connectivity index (χ4n) is 3.36. The number of hydrogen-bond acceptors (Lipinski definition) is 4. The van der Waals surface area contributed by atoms with E-state index in [9.17, 15) is 0 Å². The second-order valence-corrected chi connectivity index (χ2v) is 6.03. The summed E-state index contributed by atoms with van der Waals surface area (Å²) < 4.78 is 10.9. The maximum absolute atomic E-state index is 6.72. The highest BCUT2D eigenvalue weighted by atomic mass is 16.3. The van der Waals surface area contributed by atoms with Gasteiger partial charge in [-0.25, -0.2) is 0 Å². The van der Waals surface area contributed by atoms with Gasteiger partial charge in [-0.1, -0.05) is 12.8 Å². The lowest BCUT2D eigenvalue weighted by Crippen LogP contribution is -2.69. The van der Waals surface area contributed by atoms with Crippen LogP contribution in [-0.4, -0.2) is 11.1 Å². The lowest BCUT2D eigenvalue weighted by atomic mass is 9.64. The third-order valence-corrected chi connectivity index (χ3v) is 4.63. The molecule has 0 saturated heterocycles. The molecule has 0 radical (unpaired) electrons. The maximum Gasteiger partial charge on any atom is 0.105 e. The van der Waals surface area contributed by atoms with E-state index in [0.717, 1.165) is 37.2 Å². The highest BCUT2D eigenvalue weighted by Gasteiger charge is 2.48. The summed E-state index contributed by atoms with van der Waals surface area (Å²) in [5, 5.41) is 0. The summed E-state index contributed by atoms with van der Waals surface area (Å²) in [6, 6.07) is 7.73. The van der Waals surface area contributed by atoms with Crippen molar-refractivity contribution in [2.24, 2.45) is 11.5 Å². The quantitative estimate of drug-likeness (QED) is 0.898. The van der Waals surface area contributed by atoms with Crippen LogP contribution in [0.25, 0.3) is 0 Å². The summed E-state index contributed by atoms with van der Waals surface area (Å²) in [5.41, 5.74) is 12.5. The van der Waals surface area contributed by atoms with E-state index in [-0.39, 0.29) is 0 Å². The smallest absolute Gasteiger partial charge is 0.105 e. The van der Waals surface area contributed by atoms with Gasteiger partial charge < -0.3 is 20.3 Å². The van der Waals surface area contributed by atoms with Crippen molar-refractivity contribution in [3.63, 3.8) is 0 Å². The van der Waals surface area contributed by atoms with Gasteiger partial charge in [-0.2, -0.15) is 0 Å². The van der Waals surface area contributed by atoms with Crippen molar-refractivity contribution in [1.82, 2.24) is 0 Å². The molecule has 2 heterocycles. The molecule has 0 amide bonds. The van der Waals surface area contributed by atoms with Crippen LogP contribution >= 0.6 is 0 Å². The molecular weight excluding hydrogens is 252 g/mol. The van der Waals surface area contributed by atoms with Crippen LogP contribution in [-0.2, 0) is 12.8 Å². The van der Waals surface area contributed by atoms with Crippen LogP contribution in [0.5, 0.6) is 0 Å². The summed E-state index contributed by atoms with van der Waals surface area (Å²) in [4.78, 5) is 0. The Hall–Kier alpha value is -1.52. The Balaban J connectivity index is 1.85. The first-order valence-electron chi connectivity index (χ1n) is 7.24. The summed E-state index contributed by atoms with van der Waals surface area (Å²) in [5.74, 6) is 1.81. The van der Waals surface area contributed by atoms with Gasteiger partial charge in [-0.3, -0.25) is 0 Å². The van der Waals surface area contributed by atoms with Gasteiger partial charge in [0.25, 0.3) is 0 Å². The summed E-state index contributed by atoms with van der Waals surface area (Å²) in [7, 11) is 0. The molecule has 2 unspecified atom stereocenters. The Morgan fingerprint density at radius 3 is 1.65 bits per heavy atom. The molecule has 0 aliphatic heterocycles. The Labute approximate surface area is 119 Å². The van der Waals surface area contributed by atoms with E-state index < -0.39 is 11.1 Å². The van der Waals surface area contributed by atoms with Gasteiger partial charge in [0.05, 0.1) is 12.5 Å². The number of nitrogens with two attached hydrogens (primary N) is 2. The van der Waals surface area contributed by atoms with Crippen LogP contribution in [0.3, 0.4) is 0 Å². The van der Waals surface area contributed by atoms with Crippen LogP contribution in [0, 0.1) is 0 Å². The first-order valence-corrected chi connectivity index (χ1v) is 7.24. The molecule has 3 rings (SSSR count). The summed E-state index contributed by atoms with van der Waals surface area (Å²) in [6.45, 7) is 0. The molecule has 2 atom stereocenters. The third kappa shape index (κ3) is 2.41. The average molecular weight is 274 g/mol. The summed E-state index contributed by atoms with van der Waals surface area (Å²) >= 11 is 0.